The fourth-order valence-electron chi connectivity index (χ4n) is 1.17. The first kappa shape index (κ1) is 9.08. The summed E-state index contributed by atoms with van der Waals surface area (Å²) in [6.45, 7) is 0. The van der Waals surface area contributed by atoms with Crippen LogP contribution >= 0.6 is 15.9 Å². The maximum atomic E-state index is 11.0. The minimum Gasteiger partial charge on any atom is -0.366 e. The second kappa shape index (κ2) is 3.34. The van der Waals surface area contributed by atoms with Gasteiger partial charge in [0.2, 0.25) is 5.91 Å². The number of benzene rings is 1. The topological polar surface area (TPSA) is 68.9 Å². The highest BCUT2D eigenvalue weighted by Crippen LogP contribution is 2.21. The molecule has 5 heteroatoms. The van der Waals surface area contributed by atoms with Gasteiger partial charge in [-0.1, -0.05) is 0 Å². The molecule has 0 aliphatic carbocycles. The lowest BCUT2D eigenvalue weighted by Gasteiger charge is -2.01. The van der Waals surface area contributed by atoms with Crippen LogP contribution in [0.25, 0.3) is 11.0 Å². The molecule has 0 atom stereocenters. The number of fused-ring (bicyclic) bond motifs is 1. The van der Waals surface area contributed by atoms with E-state index in [0.717, 1.165) is 9.99 Å². The summed E-state index contributed by atoms with van der Waals surface area (Å²) in [6.07, 6.45) is 3.16. The number of primary amides is 1. The highest BCUT2D eigenvalue weighted by molar-refractivity contribution is 9.10. The Hall–Kier alpha value is -1.49. The van der Waals surface area contributed by atoms with E-state index in [0.29, 0.717) is 11.1 Å². The Labute approximate surface area is 88.3 Å². The number of nitrogens with zero attached hydrogens (tertiary/aromatic N) is 2. The smallest absolute Gasteiger partial charge is 0.248 e. The van der Waals surface area contributed by atoms with Crippen LogP contribution < -0.4 is 5.73 Å². The van der Waals surface area contributed by atoms with Crippen LogP contribution in [0.15, 0.2) is 29.0 Å². The summed E-state index contributed by atoms with van der Waals surface area (Å²) in [5, 5.41) is 0. The van der Waals surface area contributed by atoms with E-state index in [4.69, 9.17) is 5.73 Å². The molecule has 4 nitrogen and oxygen atoms in total. The van der Waals surface area contributed by atoms with Gasteiger partial charge >= 0.3 is 0 Å². The lowest BCUT2D eigenvalue weighted by molar-refractivity contribution is 0.100. The minimum absolute atomic E-state index is 0.421. The van der Waals surface area contributed by atoms with E-state index >= 15 is 0 Å². The molecule has 0 aliphatic rings. The minimum atomic E-state index is -0.474. The van der Waals surface area contributed by atoms with Gasteiger partial charge in [-0.25, -0.2) is 0 Å². The van der Waals surface area contributed by atoms with Crippen LogP contribution in [0.1, 0.15) is 10.4 Å². The second-order valence-electron chi connectivity index (χ2n) is 2.75. The molecular formula is C9H6BrN3O. The molecule has 2 aromatic rings. The van der Waals surface area contributed by atoms with Gasteiger partial charge in [-0.2, -0.15) is 0 Å². The highest BCUT2D eigenvalue weighted by atomic mass is 79.9. The summed E-state index contributed by atoms with van der Waals surface area (Å²) < 4.78 is 0.719. The van der Waals surface area contributed by atoms with Crippen LogP contribution in [0.4, 0.5) is 0 Å². The Balaban J connectivity index is 2.78. The number of hydrogen-bond acceptors (Lipinski definition) is 3. The van der Waals surface area contributed by atoms with Crippen molar-refractivity contribution in [1.29, 1.82) is 0 Å². The van der Waals surface area contributed by atoms with Gasteiger partial charge in [-0.3, -0.25) is 14.8 Å². The third kappa shape index (κ3) is 1.46. The van der Waals surface area contributed by atoms with E-state index in [1.54, 1.807) is 24.5 Å². The average molecular weight is 252 g/mol. The van der Waals surface area contributed by atoms with Crippen molar-refractivity contribution in [1.82, 2.24) is 9.97 Å². The van der Waals surface area contributed by atoms with Crippen molar-refractivity contribution >= 4 is 32.9 Å². The van der Waals surface area contributed by atoms with Crippen LogP contribution in [0, 0.1) is 0 Å². The number of aromatic nitrogens is 2. The molecule has 1 amide bonds. The third-order valence-electron chi connectivity index (χ3n) is 1.81. The molecule has 2 N–H and O–H groups in total. The van der Waals surface area contributed by atoms with Gasteiger partial charge in [0.1, 0.15) is 5.52 Å². The summed E-state index contributed by atoms with van der Waals surface area (Å²) >= 11 is 3.31. The molecule has 1 heterocycles. The molecule has 2 rings (SSSR count). The van der Waals surface area contributed by atoms with Gasteiger partial charge < -0.3 is 5.73 Å². The van der Waals surface area contributed by atoms with Gasteiger partial charge in [0.15, 0.2) is 0 Å². The number of halogens is 1. The predicted molar refractivity (Wildman–Crippen MR) is 55.8 cm³/mol. The van der Waals surface area contributed by atoms with Gasteiger partial charge in [0.05, 0.1) is 5.52 Å². The van der Waals surface area contributed by atoms with Crippen molar-refractivity contribution in [2.24, 2.45) is 5.73 Å². The number of amides is 1. The maximum absolute atomic E-state index is 11.0. The number of hydrogen-bond donors (Lipinski definition) is 1. The van der Waals surface area contributed by atoms with Gasteiger partial charge in [0, 0.05) is 22.4 Å². The summed E-state index contributed by atoms with van der Waals surface area (Å²) in [5.74, 6) is -0.474. The Bertz CT molecular complexity index is 512. The first-order valence-electron chi connectivity index (χ1n) is 3.88. The predicted octanol–water partition coefficient (Wildman–Crippen LogP) is 1.49. The van der Waals surface area contributed by atoms with E-state index in [2.05, 4.69) is 25.9 Å². The molecule has 0 unspecified atom stereocenters. The molecular weight excluding hydrogens is 246 g/mol. The lowest BCUT2D eigenvalue weighted by atomic mass is 10.2. The number of carbonyl (C=O) groups is 1. The van der Waals surface area contributed by atoms with Crippen molar-refractivity contribution in [2.75, 3.05) is 0 Å². The molecule has 0 spiro atoms. The number of nitrogens with two attached hydrogens (primary N) is 1. The first-order chi connectivity index (χ1) is 6.68. The fraction of sp³-hybridized carbons (Fsp3) is 0. The average Bonchev–Trinajstić information content (AvgIpc) is 2.17. The van der Waals surface area contributed by atoms with Crippen molar-refractivity contribution < 1.29 is 4.79 Å². The van der Waals surface area contributed by atoms with Crippen molar-refractivity contribution in [3.63, 3.8) is 0 Å². The number of carbonyl (C=O) groups excluding carboxylic acids is 1. The van der Waals surface area contributed by atoms with Gasteiger partial charge in [-0.05, 0) is 28.1 Å². The van der Waals surface area contributed by atoms with E-state index in [9.17, 15) is 4.79 Å². The molecule has 0 saturated heterocycles. The lowest BCUT2D eigenvalue weighted by Crippen LogP contribution is -2.10. The van der Waals surface area contributed by atoms with Crippen molar-refractivity contribution in [3.05, 3.63) is 34.6 Å². The van der Waals surface area contributed by atoms with E-state index in [1.165, 1.54) is 0 Å². The summed E-state index contributed by atoms with van der Waals surface area (Å²) in [5.41, 5.74) is 6.96. The van der Waals surface area contributed by atoms with E-state index < -0.39 is 5.91 Å². The SMILES string of the molecule is NC(=O)c1cc(Br)c2nccnc2c1. The van der Waals surface area contributed by atoms with Crippen molar-refractivity contribution in [3.8, 4) is 0 Å². The van der Waals surface area contributed by atoms with Crippen LogP contribution in [0.5, 0.6) is 0 Å². The molecule has 14 heavy (non-hydrogen) atoms. The van der Waals surface area contributed by atoms with Gasteiger partial charge in [-0.15, -0.1) is 0 Å². The zero-order chi connectivity index (χ0) is 10.1. The normalized spacial score (nSPS) is 10.4. The summed E-state index contributed by atoms with van der Waals surface area (Å²) in [4.78, 5) is 19.2. The van der Waals surface area contributed by atoms with Crippen molar-refractivity contribution in [2.45, 2.75) is 0 Å². The summed E-state index contributed by atoms with van der Waals surface area (Å²) in [6, 6.07) is 3.26. The van der Waals surface area contributed by atoms with E-state index in [-0.39, 0.29) is 0 Å². The molecule has 0 saturated carbocycles. The second-order valence-corrected chi connectivity index (χ2v) is 3.60. The molecule has 0 aliphatic heterocycles. The zero-order valence-corrected chi connectivity index (χ0v) is 8.65. The van der Waals surface area contributed by atoms with Crippen LogP contribution in [0.2, 0.25) is 0 Å². The molecule has 1 aromatic heterocycles. The fourth-order valence-corrected chi connectivity index (χ4v) is 1.73. The monoisotopic (exact) mass is 251 g/mol. The number of rotatable bonds is 1. The van der Waals surface area contributed by atoms with Crippen LogP contribution in [0.3, 0.4) is 0 Å². The highest BCUT2D eigenvalue weighted by Gasteiger charge is 2.06. The zero-order valence-electron chi connectivity index (χ0n) is 7.07. The quantitative estimate of drug-likeness (QED) is 0.835. The molecule has 0 bridgehead atoms. The Morgan fingerprint density at radius 2 is 2.00 bits per heavy atom. The standard InChI is InChI=1S/C9H6BrN3O/c10-6-3-5(9(11)14)4-7-8(6)13-2-1-12-7/h1-4H,(H2,11,14). The molecule has 0 fully saturated rings. The largest absolute Gasteiger partial charge is 0.366 e. The molecule has 70 valence electrons. The third-order valence-corrected chi connectivity index (χ3v) is 2.42. The van der Waals surface area contributed by atoms with Crippen LogP contribution in [-0.2, 0) is 0 Å². The van der Waals surface area contributed by atoms with Gasteiger partial charge in [0.25, 0.3) is 0 Å². The molecule has 0 radical (unpaired) electrons. The van der Waals surface area contributed by atoms with E-state index in [1.807, 2.05) is 0 Å². The van der Waals surface area contributed by atoms with Crippen LogP contribution in [-0.4, -0.2) is 15.9 Å². The first-order valence-corrected chi connectivity index (χ1v) is 4.68. The Morgan fingerprint density at radius 1 is 1.29 bits per heavy atom. The maximum Gasteiger partial charge on any atom is 0.248 e. The summed E-state index contributed by atoms with van der Waals surface area (Å²) in [7, 11) is 0. The molecule has 1 aromatic carbocycles. The Morgan fingerprint density at radius 3 is 2.71 bits per heavy atom. The Kier molecular flexibility index (Phi) is 2.17.